The second-order valence-corrected chi connectivity index (χ2v) is 5.54. The van der Waals surface area contributed by atoms with Crippen LogP contribution >= 0.6 is 0 Å². The smallest absolute Gasteiger partial charge is 0.308 e. The van der Waals surface area contributed by atoms with Crippen molar-refractivity contribution in [1.82, 2.24) is 0 Å². The second-order valence-electron chi connectivity index (χ2n) is 5.54. The Morgan fingerprint density at radius 2 is 2.00 bits per heavy atom. The standard InChI is InChI=1S/C13H23NO2/c1-2-16-12(15)11-3-5-13(6-4-11)7-10(8-13)9-14/h10-11H,2-9,14H2,1H3. The van der Waals surface area contributed by atoms with Crippen LogP contribution in [0.5, 0.6) is 0 Å². The van der Waals surface area contributed by atoms with E-state index in [2.05, 4.69) is 0 Å². The van der Waals surface area contributed by atoms with E-state index in [4.69, 9.17) is 10.5 Å². The van der Waals surface area contributed by atoms with Crippen LogP contribution in [0.1, 0.15) is 45.4 Å². The van der Waals surface area contributed by atoms with Gasteiger partial charge in [0.05, 0.1) is 12.5 Å². The molecule has 1 spiro atoms. The molecule has 0 aliphatic heterocycles. The first kappa shape index (κ1) is 11.9. The highest BCUT2D eigenvalue weighted by molar-refractivity contribution is 5.72. The lowest BCUT2D eigenvalue weighted by atomic mass is 9.54. The van der Waals surface area contributed by atoms with E-state index >= 15 is 0 Å². The van der Waals surface area contributed by atoms with Gasteiger partial charge in [-0.25, -0.2) is 0 Å². The highest BCUT2D eigenvalue weighted by atomic mass is 16.5. The van der Waals surface area contributed by atoms with Gasteiger partial charge in [0.25, 0.3) is 0 Å². The molecule has 92 valence electrons. The van der Waals surface area contributed by atoms with Crippen LogP contribution in [0.4, 0.5) is 0 Å². The molecule has 2 fully saturated rings. The van der Waals surface area contributed by atoms with E-state index in [1.54, 1.807) is 0 Å². The highest BCUT2D eigenvalue weighted by Crippen LogP contribution is 2.55. The van der Waals surface area contributed by atoms with Crippen LogP contribution in [0, 0.1) is 17.3 Å². The average Bonchev–Trinajstić information content (AvgIpc) is 2.26. The van der Waals surface area contributed by atoms with Crippen LogP contribution < -0.4 is 5.73 Å². The Bertz CT molecular complexity index is 249. The Morgan fingerprint density at radius 3 is 2.50 bits per heavy atom. The first-order valence-corrected chi connectivity index (χ1v) is 6.56. The lowest BCUT2D eigenvalue weighted by Crippen LogP contribution is -2.44. The van der Waals surface area contributed by atoms with E-state index in [0.717, 1.165) is 25.3 Å². The van der Waals surface area contributed by atoms with E-state index in [1.165, 1.54) is 25.7 Å². The lowest BCUT2D eigenvalue weighted by Gasteiger charge is -2.51. The van der Waals surface area contributed by atoms with Crippen LogP contribution in [-0.4, -0.2) is 19.1 Å². The van der Waals surface area contributed by atoms with Gasteiger partial charge in [0.1, 0.15) is 0 Å². The molecule has 0 aromatic heterocycles. The number of ether oxygens (including phenoxy) is 1. The Kier molecular flexibility index (Phi) is 3.53. The molecule has 0 aromatic carbocycles. The minimum absolute atomic E-state index is 0.0204. The van der Waals surface area contributed by atoms with E-state index in [9.17, 15) is 4.79 Å². The summed E-state index contributed by atoms with van der Waals surface area (Å²) in [4.78, 5) is 11.6. The normalized spacial score (nSPS) is 38.1. The highest BCUT2D eigenvalue weighted by Gasteiger charge is 2.46. The molecular weight excluding hydrogens is 202 g/mol. The van der Waals surface area contributed by atoms with E-state index < -0.39 is 0 Å². The zero-order chi connectivity index (χ0) is 11.6. The third-order valence-electron chi connectivity index (χ3n) is 4.44. The summed E-state index contributed by atoms with van der Waals surface area (Å²) in [6, 6.07) is 0. The van der Waals surface area contributed by atoms with Crippen molar-refractivity contribution >= 4 is 5.97 Å². The number of nitrogens with two attached hydrogens (primary N) is 1. The molecule has 0 bridgehead atoms. The molecule has 2 rings (SSSR count). The molecule has 2 saturated carbocycles. The molecule has 16 heavy (non-hydrogen) atoms. The third kappa shape index (κ3) is 2.24. The zero-order valence-electron chi connectivity index (χ0n) is 10.2. The summed E-state index contributed by atoms with van der Waals surface area (Å²) in [5.41, 5.74) is 6.21. The van der Waals surface area contributed by atoms with Crippen molar-refractivity contribution in [3.05, 3.63) is 0 Å². The number of carbonyl (C=O) groups is 1. The molecule has 2 aliphatic carbocycles. The van der Waals surface area contributed by atoms with Crippen molar-refractivity contribution in [3.8, 4) is 0 Å². The average molecular weight is 225 g/mol. The minimum Gasteiger partial charge on any atom is -0.466 e. The van der Waals surface area contributed by atoms with Crippen LogP contribution in [0.3, 0.4) is 0 Å². The largest absolute Gasteiger partial charge is 0.466 e. The van der Waals surface area contributed by atoms with E-state index in [-0.39, 0.29) is 11.9 Å². The molecule has 0 radical (unpaired) electrons. The summed E-state index contributed by atoms with van der Waals surface area (Å²) in [7, 11) is 0. The monoisotopic (exact) mass is 225 g/mol. The Hall–Kier alpha value is -0.570. The van der Waals surface area contributed by atoms with Crippen molar-refractivity contribution in [2.24, 2.45) is 23.0 Å². The van der Waals surface area contributed by atoms with Gasteiger partial charge < -0.3 is 10.5 Å². The van der Waals surface area contributed by atoms with Gasteiger partial charge in [-0.1, -0.05) is 0 Å². The summed E-state index contributed by atoms with van der Waals surface area (Å²) >= 11 is 0. The number of hydrogen-bond donors (Lipinski definition) is 1. The number of carbonyl (C=O) groups excluding carboxylic acids is 1. The van der Waals surface area contributed by atoms with Crippen molar-refractivity contribution in [3.63, 3.8) is 0 Å². The van der Waals surface area contributed by atoms with Gasteiger partial charge in [0.15, 0.2) is 0 Å². The Labute approximate surface area is 97.7 Å². The second kappa shape index (κ2) is 4.74. The van der Waals surface area contributed by atoms with Crippen LogP contribution in [0.15, 0.2) is 0 Å². The van der Waals surface area contributed by atoms with Gasteiger partial charge in [-0.05, 0) is 63.3 Å². The minimum atomic E-state index is 0.0204. The fraction of sp³-hybridized carbons (Fsp3) is 0.923. The summed E-state index contributed by atoms with van der Waals surface area (Å²) in [5.74, 6) is 0.939. The molecule has 3 nitrogen and oxygen atoms in total. The predicted octanol–water partition coefficient (Wildman–Crippen LogP) is 2.09. The number of esters is 1. The van der Waals surface area contributed by atoms with Crippen LogP contribution in [0.2, 0.25) is 0 Å². The molecule has 2 N–H and O–H groups in total. The fourth-order valence-corrected chi connectivity index (χ4v) is 3.47. The van der Waals surface area contributed by atoms with Crippen molar-refractivity contribution in [2.75, 3.05) is 13.2 Å². The summed E-state index contributed by atoms with van der Waals surface area (Å²) in [6.45, 7) is 3.22. The van der Waals surface area contributed by atoms with E-state index in [1.807, 2.05) is 6.92 Å². The Morgan fingerprint density at radius 1 is 1.38 bits per heavy atom. The Balaban J connectivity index is 1.77. The van der Waals surface area contributed by atoms with Gasteiger partial charge in [-0.15, -0.1) is 0 Å². The number of hydrogen-bond acceptors (Lipinski definition) is 3. The summed E-state index contributed by atoms with van der Waals surface area (Å²) in [6.07, 6.45) is 7.03. The summed E-state index contributed by atoms with van der Waals surface area (Å²) in [5, 5.41) is 0. The topological polar surface area (TPSA) is 52.3 Å². The van der Waals surface area contributed by atoms with Crippen molar-refractivity contribution < 1.29 is 9.53 Å². The van der Waals surface area contributed by atoms with Gasteiger partial charge in [-0.2, -0.15) is 0 Å². The zero-order valence-corrected chi connectivity index (χ0v) is 10.2. The molecule has 2 aliphatic rings. The van der Waals surface area contributed by atoms with Gasteiger partial charge in [0, 0.05) is 0 Å². The van der Waals surface area contributed by atoms with Gasteiger partial charge >= 0.3 is 5.97 Å². The van der Waals surface area contributed by atoms with Crippen molar-refractivity contribution in [1.29, 1.82) is 0 Å². The van der Waals surface area contributed by atoms with Crippen molar-refractivity contribution in [2.45, 2.75) is 45.4 Å². The SMILES string of the molecule is CCOC(=O)C1CCC2(CC1)CC(CN)C2. The molecule has 0 saturated heterocycles. The fourth-order valence-electron chi connectivity index (χ4n) is 3.47. The maximum absolute atomic E-state index is 11.6. The molecular formula is C13H23NO2. The maximum atomic E-state index is 11.6. The van der Waals surface area contributed by atoms with Crippen LogP contribution in [0.25, 0.3) is 0 Å². The predicted molar refractivity (Wildman–Crippen MR) is 62.8 cm³/mol. The lowest BCUT2D eigenvalue weighted by molar-refractivity contribution is -0.151. The maximum Gasteiger partial charge on any atom is 0.308 e. The summed E-state index contributed by atoms with van der Waals surface area (Å²) < 4.78 is 5.08. The third-order valence-corrected chi connectivity index (χ3v) is 4.44. The molecule has 0 aromatic rings. The van der Waals surface area contributed by atoms with Gasteiger partial charge in [-0.3, -0.25) is 4.79 Å². The van der Waals surface area contributed by atoms with Crippen LogP contribution in [-0.2, 0) is 9.53 Å². The molecule has 0 heterocycles. The first-order valence-electron chi connectivity index (χ1n) is 6.56. The van der Waals surface area contributed by atoms with Gasteiger partial charge in [0.2, 0.25) is 0 Å². The molecule has 0 atom stereocenters. The molecule has 0 unspecified atom stereocenters. The van der Waals surface area contributed by atoms with E-state index in [0.29, 0.717) is 12.0 Å². The molecule has 0 amide bonds. The molecule has 3 heteroatoms. The first-order chi connectivity index (χ1) is 7.69. The number of rotatable bonds is 3. The quantitative estimate of drug-likeness (QED) is 0.748.